The van der Waals surface area contributed by atoms with Crippen LogP contribution in [0.4, 0.5) is 0 Å². The van der Waals surface area contributed by atoms with E-state index in [0.29, 0.717) is 0 Å². The monoisotopic (exact) mass is 240 g/mol. The molecule has 0 rings (SSSR count). The first-order chi connectivity index (χ1) is 8.12. The van der Waals surface area contributed by atoms with E-state index in [1.54, 1.807) is 0 Å². The Hall–Kier alpha value is -0.300. The summed E-state index contributed by atoms with van der Waals surface area (Å²) in [6.07, 6.45) is 15.4. The van der Waals surface area contributed by atoms with Crippen molar-refractivity contribution in [3.05, 3.63) is 12.7 Å². The number of unbranched alkanes of at least 4 members (excludes halogenated alkanes) is 8. The van der Waals surface area contributed by atoms with Gasteiger partial charge < -0.3 is 4.74 Å². The molecule has 0 aromatic rings. The fourth-order valence-electron chi connectivity index (χ4n) is 2.00. The normalized spacial score (nSPS) is 11.7. The number of methoxy groups -OCH3 is 1. The van der Waals surface area contributed by atoms with E-state index < -0.39 is 0 Å². The van der Waals surface area contributed by atoms with Gasteiger partial charge >= 0.3 is 0 Å². The van der Waals surface area contributed by atoms with E-state index >= 15 is 0 Å². The molecule has 0 spiro atoms. The summed E-state index contributed by atoms with van der Waals surface area (Å²) >= 11 is 0. The van der Waals surface area contributed by atoms with Gasteiger partial charge in [0.25, 0.3) is 0 Å². The number of hydrogen-bond donors (Lipinski definition) is 0. The zero-order valence-corrected chi connectivity index (χ0v) is 12.3. The Labute approximate surface area is 109 Å². The minimum atomic E-state index is 0.0741. The maximum atomic E-state index is 5.41. The summed E-state index contributed by atoms with van der Waals surface area (Å²) in [4.78, 5) is 0. The second-order valence-electron chi connectivity index (χ2n) is 5.62. The Morgan fingerprint density at radius 1 is 0.882 bits per heavy atom. The van der Waals surface area contributed by atoms with E-state index in [1.165, 1.54) is 64.2 Å². The molecule has 0 aliphatic carbocycles. The fraction of sp³-hybridized carbons (Fsp3) is 0.875. The Morgan fingerprint density at radius 3 is 1.82 bits per heavy atom. The van der Waals surface area contributed by atoms with Crippen LogP contribution in [-0.4, -0.2) is 12.7 Å². The van der Waals surface area contributed by atoms with Gasteiger partial charge in [-0.05, 0) is 33.1 Å². The highest BCUT2D eigenvalue weighted by Gasteiger charge is 2.14. The summed E-state index contributed by atoms with van der Waals surface area (Å²) in [7, 11) is 1.81. The molecule has 1 heteroatoms. The van der Waals surface area contributed by atoms with E-state index in [1.807, 2.05) is 13.2 Å². The van der Waals surface area contributed by atoms with Crippen molar-refractivity contribution in [2.24, 2.45) is 0 Å². The molecule has 0 aromatic carbocycles. The lowest BCUT2D eigenvalue weighted by atomic mass is 9.99. The zero-order chi connectivity index (χ0) is 13.0. The van der Waals surface area contributed by atoms with Gasteiger partial charge in [-0.15, -0.1) is 6.58 Å². The molecular formula is C16H32O. The highest BCUT2D eigenvalue weighted by Crippen LogP contribution is 2.18. The fourth-order valence-corrected chi connectivity index (χ4v) is 2.00. The van der Waals surface area contributed by atoms with Gasteiger partial charge in [-0.3, -0.25) is 0 Å². The number of allylic oxidation sites excluding steroid dienone is 1. The second kappa shape index (κ2) is 10.8. The van der Waals surface area contributed by atoms with E-state index in [-0.39, 0.29) is 5.60 Å². The first-order valence-electron chi connectivity index (χ1n) is 7.28. The van der Waals surface area contributed by atoms with Gasteiger partial charge in [0.15, 0.2) is 0 Å². The molecule has 0 N–H and O–H groups in total. The molecule has 17 heavy (non-hydrogen) atoms. The molecule has 0 amide bonds. The van der Waals surface area contributed by atoms with Gasteiger partial charge in [0.05, 0.1) is 5.60 Å². The molecule has 0 atom stereocenters. The second-order valence-corrected chi connectivity index (χ2v) is 5.62. The maximum absolute atomic E-state index is 5.41. The Bertz CT molecular complexity index is 172. The minimum absolute atomic E-state index is 0.0741. The Morgan fingerprint density at radius 2 is 1.35 bits per heavy atom. The first kappa shape index (κ1) is 16.7. The SMILES string of the molecule is C=CCCCCCCCCCCC(C)(C)OC. The quantitative estimate of drug-likeness (QED) is 0.323. The first-order valence-corrected chi connectivity index (χ1v) is 7.28. The number of rotatable bonds is 12. The van der Waals surface area contributed by atoms with Crippen molar-refractivity contribution in [1.82, 2.24) is 0 Å². The maximum Gasteiger partial charge on any atom is 0.0622 e. The molecule has 0 aromatic heterocycles. The predicted octanol–water partition coefficient (Wildman–Crippen LogP) is 5.50. The zero-order valence-electron chi connectivity index (χ0n) is 12.3. The summed E-state index contributed by atoms with van der Waals surface area (Å²) in [6, 6.07) is 0. The molecule has 0 fully saturated rings. The van der Waals surface area contributed by atoms with Gasteiger partial charge in [-0.1, -0.05) is 51.0 Å². The van der Waals surface area contributed by atoms with Gasteiger partial charge in [0, 0.05) is 7.11 Å². The standard InChI is InChI=1S/C16H32O/c1-5-6-7-8-9-10-11-12-13-14-15-16(2,3)17-4/h5H,1,6-15H2,2-4H3. The van der Waals surface area contributed by atoms with Gasteiger partial charge in [-0.2, -0.15) is 0 Å². The molecule has 0 bridgehead atoms. The largest absolute Gasteiger partial charge is 0.379 e. The van der Waals surface area contributed by atoms with E-state index in [9.17, 15) is 0 Å². The van der Waals surface area contributed by atoms with Crippen LogP contribution in [0.5, 0.6) is 0 Å². The van der Waals surface area contributed by atoms with Crippen LogP contribution >= 0.6 is 0 Å². The van der Waals surface area contributed by atoms with Crippen LogP contribution in [0, 0.1) is 0 Å². The van der Waals surface area contributed by atoms with Gasteiger partial charge in [-0.25, -0.2) is 0 Å². The van der Waals surface area contributed by atoms with E-state index in [2.05, 4.69) is 20.4 Å². The van der Waals surface area contributed by atoms with E-state index in [4.69, 9.17) is 4.74 Å². The van der Waals surface area contributed by atoms with Crippen molar-refractivity contribution in [3.63, 3.8) is 0 Å². The van der Waals surface area contributed by atoms with Crippen molar-refractivity contribution in [1.29, 1.82) is 0 Å². The third-order valence-corrected chi connectivity index (χ3v) is 3.49. The van der Waals surface area contributed by atoms with Crippen LogP contribution in [0.2, 0.25) is 0 Å². The molecule has 0 radical (unpaired) electrons. The van der Waals surface area contributed by atoms with Crippen molar-refractivity contribution < 1.29 is 4.74 Å². The van der Waals surface area contributed by atoms with E-state index in [0.717, 1.165) is 0 Å². The molecule has 102 valence electrons. The summed E-state index contributed by atoms with van der Waals surface area (Å²) in [6.45, 7) is 8.09. The van der Waals surface area contributed by atoms with Gasteiger partial charge in [0.2, 0.25) is 0 Å². The lowest BCUT2D eigenvalue weighted by Crippen LogP contribution is -2.21. The average molecular weight is 240 g/mol. The van der Waals surface area contributed by atoms with Crippen molar-refractivity contribution in [2.75, 3.05) is 7.11 Å². The van der Waals surface area contributed by atoms with Crippen LogP contribution in [0.25, 0.3) is 0 Å². The van der Waals surface area contributed by atoms with Crippen LogP contribution in [0.3, 0.4) is 0 Å². The summed E-state index contributed by atoms with van der Waals surface area (Å²) < 4.78 is 5.41. The molecule has 0 unspecified atom stereocenters. The lowest BCUT2D eigenvalue weighted by Gasteiger charge is -2.22. The molecule has 0 saturated carbocycles. The topological polar surface area (TPSA) is 9.23 Å². The third kappa shape index (κ3) is 12.0. The molecule has 0 saturated heterocycles. The molecule has 0 aliphatic rings. The number of hydrogen-bond acceptors (Lipinski definition) is 1. The molecular weight excluding hydrogens is 208 g/mol. The summed E-state index contributed by atoms with van der Waals surface area (Å²) in [5.74, 6) is 0. The van der Waals surface area contributed by atoms with Crippen molar-refractivity contribution >= 4 is 0 Å². The molecule has 1 nitrogen and oxygen atoms in total. The van der Waals surface area contributed by atoms with Crippen molar-refractivity contribution in [3.8, 4) is 0 Å². The van der Waals surface area contributed by atoms with Crippen molar-refractivity contribution in [2.45, 2.75) is 83.7 Å². The van der Waals surface area contributed by atoms with Crippen LogP contribution in [-0.2, 0) is 4.74 Å². The Kier molecular flexibility index (Phi) is 10.6. The molecule has 0 aliphatic heterocycles. The Balaban J connectivity index is 3.11. The highest BCUT2D eigenvalue weighted by molar-refractivity contribution is 4.67. The number of ether oxygens (including phenoxy) is 1. The predicted molar refractivity (Wildman–Crippen MR) is 77.5 cm³/mol. The average Bonchev–Trinajstić information content (AvgIpc) is 2.31. The van der Waals surface area contributed by atoms with Crippen LogP contribution < -0.4 is 0 Å². The lowest BCUT2D eigenvalue weighted by molar-refractivity contribution is 0.0134. The minimum Gasteiger partial charge on any atom is -0.379 e. The third-order valence-electron chi connectivity index (χ3n) is 3.49. The van der Waals surface area contributed by atoms with Crippen LogP contribution in [0.1, 0.15) is 78.1 Å². The van der Waals surface area contributed by atoms with Gasteiger partial charge in [0.1, 0.15) is 0 Å². The smallest absolute Gasteiger partial charge is 0.0622 e. The summed E-state index contributed by atoms with van der Waals surface area (Å²) in [5, 5.41) is 0. The summed E-state index contributed by atoms with van der Waals surface area (Å²) in [5.41, 5.74) is 0.0741. The van der Waals surface area contributed by atoms with Crippen LogP contribution in [0.15, 0.2) is 12.7 Å². The highest BCUT2D eigenvalue weighted by atomic mass is 16.5. The molecule has 0 heterocycles.